The summed E-state index contributed by atoms with van der Waals surface area (Å²) in [5.41, 5.74) is 0.988. The van der Waals surface area contributed by atoms with Crippen LogP contribution in [0.2, 0.25) is 5.02 Å². The molecule has 0 fully saturated rings. The number of amides is 1. The molecular formula is C19H23ClN2O2S. The number of nitrogens with one attached hydrogen (secondary N) is 1. The summed E-state index contributed by atoms with van der Waals surface area (Å²) >= 11 is 7.71. The highest BCUT2D eigenvalue weighted by atomic mass is 35.5. The molecule has 1 heterocycles. The van der Waals surface area contributed by atoms with E-state index in [0.29, 0.717) is 30.8 Å². The molecule has 4 nitrogen and oxygen atoms in total. The molecule has 134 valence electrons. The van der Waals surface area contributed by atoms with Crippen molar-refractivity contribution in [3.63, 3.8) is 0 Å². The van der Waals surface area contributed by atoms with Crippen LogP contribution in [0.4, 0.5) is 0 Å². The van der Waals surface area contributed by atoms with Gasteiger partial charge in [-0.3, -0.25) is 9.59 Å². The lowest BCUT2D eigenvalue weighted by Crippen LogP contribution is -2.34. The topological polar surface area (TPSA) is 49.4 Å². The number of hydrogen-bond acceptors (Lipinski definition) is 4. The summed E-state index contributed by atoms with van der Waals surface area (Å²) in [4.78, 5) is 26.8. The predicted octanol–water partition coefficient (Wildman–Crippen LogP) is 4.17. The third kappa shape index (κ3) is 5.96. The van der Waals surface area contributed by atoms with Crippen molar-refractivity contribution in [3.8, 4) is 0 Å². The van der Waals surface area contributed by atoms with Gasteiger partial charge in [0.25, 0.3) is 0 Å². The van der Waals surface area contributed by atoms with Gasteiger partial charge in [0.1, 0.15) is 0 Å². The number of likely N-dealkylation sites (N-methyl/N-ethyl adjacent to an activating group) is 1. The number of Topliss-reactive ketones (excluding diaryl/α,β-unsaturated/α-hetero) is 1. The Balaban J connectivity index is 1.79. The van der Waals surface area contributed by atoms with Crippen LogP contribution in [0.25, 0.3) is 0 Å². The predicted molar refractivity (Wildman–Crippen MR) is 103 cm³/mol. The number of benzene rings is 1. The van der Waals surface area contributed by atoms with Crippen LogP contribution in [0.3, 0.4) is 0 Å². The number of nitrogens with zero attached hydrogens (tertiary/aromatic N) is 1. The maximum Gasteiger partial charge on any atom is 0.220 e. The van der Waals surface area contributed by atoms with Gasteiger partial charge >= 0.3 is 0 Å². The first-order chi connectivity index (χ1) is 12.0. The van der Waals surface area contributed by atoms with E-state index in [1.165, 1.54) is 11.3 Å². The first-order valence-corrected chi connectivity index (χ1v) is 9.49. The molecule has 6 heteroatoms. The zero-order chi connectivity index (χ0) is 18.2. The smallest absolute Gasteiger partial charge is 0.220 e. The van der Waals surface area contributed by atoms with Gasteiger partial charge in [0.05, 0.1) is 10.9 Å². The summed E-state index contributed by atoms with van der Waals surface area (Å²) < 4.78 is 0. The summed E-state index contributed by atoms with van der Waals surface area (Å²) in [7, 11) is 3.92. The SMILES string of the molecule is CN(C)C(CNC(=O)CCCC(=O)c1cccs1)c1ccccc1Cl. The van der Waals surface area contributed by atoms with Crippen molar-refractivity contribution in [3.05, 3.63) is 57.2 Å². The molecule has 0 bridgehead atoms. The Bertz CT molecular complexity index is 701. The Labute approximate surface area is 157 Å². The number of carbonyl (C=O) groups is 2. The van der Waals surface area contributed by atoms with E-state index in [0.717, 1.165) is 10.4 Å². The molecule has 0 spiro atoms. The lowest BCUT2D eigenvalue weighted by atomic mass is 10.1. The zero-order valence-electron chi connectivity index (χ0n) is 14.5. The van der Waals surface area contributed by atoms with Gasteiger partial charge in [-0.05, 0) is 43.6 Å². The van der Waals surface area contributed by atoms with E-state index in [9.17, 15) is 9.59 Å². The lowest BCUT2D eigenvalue weighted by Gasteiger charge is -2.26. The Kier molecular flexibility index (Phi) is 7.62. The number of carbonyl (C=O) groups excluding carboxylic acids is 2. The maximum atomic E-state index is 12.1. The van der Waals surface area contributed by atoms with E-state index < -0.39 is 0 Å². The van der Waals surface area contributed by atoms with Crippen molar-refractivity contribution in [1.29, 1.82) is 0 Å². The highest BCUT2D eigenvalue weighted by molar-refractivity contribution is 7.12. The van der Waals surface area contributed by atoms with Crippen molar-refractivity contribution in [2.24, 2.45) is 0 Å². The third-order valence-electron chi connectivity index (χ3n) is 3.98. The lowest BCUT2D eigenvalue weighted by molar-refractivity contribution is -0.121. The fourth-order valence-electron chi connectivity index (χ4n) is 2.58. The van der Waals surface area contributed by atoms with Crippen LogP contribution in [0.15, 0.2) is 41.8 Å². The van der Waals surface area contributed by atoms with E-state index in [1.807, 2.05) is 60.8 Å². The summed E-state index contributed by atoms with van der Waals surface area (Å²) in [5.74, 6) is 0.0583. The highest BCUT2D eigenvalue weighted by Gasteiger charge is 2.18. The molecule has 0 saturated heterocycles. The van der Waals surface area contributed by atoms with Gasteiger partial charge in [-0.1, -0.05) is 35.9 Å². The van der Waals surface area contributed by atoms with Crippen LogP contribution in [0.1, 0.15) is 40.5 Å². The molecular weight excluding hydrogens is 356 g/mol. The highest BCUT2D eigenvalue weighted by Crippen LogP contribution is 2.25. The standard InChI is InChI=1S/C19H23ClN2O2S/c1-22(2)16(14-7-3-4-8-15(14)20)13-21-19(24)11-5-9-17(23)18-10-6-12-25-18/h3-4,6-8,10,12,16H,5,9,11,13H2,1-2H3,(H,21,24). The maximum absolute atomic E-state index is 12.1. The number of thiophene rings is 1. The van der Waals surface area contributed by atoms with Crippen molar-refractivity contribution < 1.29 is 9.59 Å². The van der Waals surface area contributed by atoms with Crippen LogP contribution in [0.5, 0.6) is 0 Å². The monoisotopic (exact) mass is 378 g/mol. The molecule has 0 aliphatic heterocycles. The summed E-state index contributed by atoms with van der Waals surface area (Å²) in [5, 5.41) is 5.53. The van der Waals surface area contributed by atoms with Crippen LogP contribution in [0, 0.1) is 0 Å². The Hall–Kier alpha value is -1.69. The molecule has 1 atom stereocenters. The summed E-state index contributed by atoms with van der Waals surface area (Å²) in [6.45, 7) is 0.481. The van der Waals surface area contributed by atoms with Gasteiger partial charge in [0, 0.05) is 24.4 Å². The van der Waals surface area contributed by atoms with Gasteiger partial charge in [-0.25, -0.2) is 0 Å². The van der Waals surface area contributed by atoms with Crippen molar-refractivity contribution in [2.45, 2.75) is 25.3 Å². The molecule has 1 unspecified atom stereocenters. The minimum absolute atomic E-state index is 0.00500. The van der Waals surface area contributed by atoms with E-state index in [4.69, 9.17) is 11.6 Å². The molecule has 0 saturated carbocycles. The van der Waals surface area contributed by atoms with Gasteiger partial charge in [-0.15, -0.1) is 11.3 Å². The number of hydrogen-bond donors (Lipinski definition) is 1. The molecule has 1 N–H and O–H groups in total. The van der Waals surface area contributed by atoms with E-state index in [1.54, 1.807) is 0 Å². The fourth-order valence-corrected chi connectivity index (χ4v) is 3.54. The number of rotatable bonds is 9. The first kappa shape index (κ1) is 19.6. The zero-order valence-corrected chi connectivity index (χ0v) is 16.1. The van der Waals surface area contributed by atoms with E-state index in [-0.39, 0.29) is 17.7 Å². The van der Waals surface area contributed by atoms with Crippen LogP contribution >= 0.6 is 22.9 Å². The van der Waals surface area contributed by atoms with Gasteiger partial charge < -0.3 is 10.2 Å². The van der Waals surface area contributed by atoms with Gasteiger partial charge in [0.15, 0.2) is 5.78 Å². The average molecular weight is 379 g/mol. The first-order valence-electron chi connectivity index (χ1n) is 8.23. The van der Waals surface area contributed by atoms with E-state index >= 15 is 0 Å². The number of ketones is 1. The minimum atomic E-state index is -0.0436. The molecule has 25 heavy (non-hydrogen) atoms. The molecule has 0 aliphatic carbocycles. The largest absolute Gasteiger partial charge is 0.354 e. The van der Waals surface area contributed by atoms with Crippen molar-refractivity contribution >= 4 is 34.6 Å². The molecule has 1 aromatic heterocycles. The molecule has 1 amide bonds. The second-order valence-electron chi connectivity index (χ2n) is 6.06. The third-order valence-corrected chi connectivity index (χ3v) is 5.24. The quantitative estimate of drug-likeness (QED) is 0.666. The Morgan fingerprint density at radius 1 is 1.16 bits per heavy atom. The molecule has 2 aromatic rings. The summed E-state index contributed by atoms with van der Waals surface area (Å²) in [6.07, 6.45) is 1.30. The number of halogens is 1. The fraction of sp³-hybridized carbons (Fsp3) is 0.368. The normalized spacial score (nSPS) is 12.2. The molecule has 2 rings (SSSR count). The molecule has 0 radical (unpaired) electrons. The minimum Gasteiger partial charge on any atom is -0.354 e. The Morgan fingerprint density at radius 2 is 1.92 bits per heavy atom. The van der Waals surface area contributed by atoms with Gasteiger partial charge in [0.2, 0.25) is 5.91 Å². The average Bonchev–Trinajstić information content (AvgIpc) is 3.11. The van der Waals surface area contributed by atoms with Crippen LogP contribution < -0.4 is 5.32 Å². The second kappa shape index (κ2) is 9.70. The van der Waals surface area contributed by atoms with Crippen LogP contribution in [-0.2, 0) is 4.79 Å². The molecule has 0 aliphatic rings. The Morgan fingerprint density at radius 3 is 2.56 bits per heavy atom. The second-order valence-corrected chi connectivity index (χ2v) is 7.41. The summed E-state index contributed by atoms with van der Waals surface area (Å²) in [6, 6.07) is 11.3. The van der Waals surface area contributed by atoms with E-state index in [2.05, 4.69) is 5.32 Å². The van der Waals surface area contributed by atoms with Crippen molar-refractivity contribution in [2.75, 3.05) is 20.6 Å². The van der Waals surface area contributed by atoms with Crippen LogP contribution in [-0.4, -0.2) is 37.2 Å². The van der Waals surface area contributed by atoms with Crippen molar-refractivity contribution in [1.82, 2.24) is 10.2 Å². The van der Waals surface area contributed by atoms with Gasteiger partial charge in [-0.2, -0.15) is 0 Å². The molecule has 1 aromatic carbocycles.